The number of aliphatic hydroxyl groups is 1. The molecule has 0 aliphatic carbocycles. The SMILES string of the molecule is Cc1ccc(F)c(C(O)c2ccc(Cl)c(Br)c2)c1. The summed E-state index contributed by atoms with van der Waals surface area (Å²) in [4.78, 5) is 0. The number of halogens is 3. The minimum Gasteiger partial charge on any atom is -0.384 e. The van der Waals surface area contributed by atoms with Crippen LogP contribution in [0.2, 0.25) is 5.02 Å². The van der Waals surface area contributed by atoms with E-state index in [-0.39, 0.29) is 5.56 Å². The van der Waals surface area contributed by atoms with E-state index in [2.05, 4.69) is 15.9 Å². The second-order valence-electron chi connectivity index (χ2n) is 4.10. The van der Waals surface area contributed by atoms with Crippen LogP contribution in [0.15, 0.2) is 40.9 Å². The Kier molecular flexibility index (Phi) is 4.05. The Bertz CT molecular complexity index is 586. The molecule has 0 aromatic heterocycles. The summed E-state index contributed by atoms with van der Waals surface area (Å²) in [5, 5.41) is 10.8. The Balaban J connectivity index is 2.44. The van der Waals surface area contributed by atoms with Crippen molar-refractivity contribution < 1.29 is 9.50 Å². The van der Waals surface area contributed by atoms with Crippen LogP contribution < -0.4 is 0 Å². The largest absolute Gasteiger partial charge is 0.384 e. The van der Waals surface area contributed by atoms with Crippen LogP contribution in [0.5, 0.6) is 0 Å². The molecule has 0 radical (unpaired) electrons. The highest BCUT2D eigenvalue weighted by Gasteiger charge is 2.16. The molecule has 0 saturated carbocycles. The molecular formula is C14H11BrClFO. The summed E-state index contributed by atoms with van der Waals surface area (Å²) in [6.45, 7) is 1.85. The molecular weight excluding hydrogens is 319 g/mol. The van der Waals surface area contributed by atoms with E-state index in [1.807, 2.05) is 6.92 Å². The van der Waals surface area contributed by atoms with E-state index in [9.17, 15) is 9.50 Å². The minimum absolute atomic E-state index is 0.268. The predicted octanol–water partition coefficient (Wildman–Crippen LogP) is 4.63. The van der Waals surface area contributed by atoms with Gasteiger partial charge in [-0.05, 0) is 46.6 Å². The number of aliphatic hydroxyl groups excluding tert-OH is 1. The second kappa shape index (κ2) is 5.39. The van der Waals surface area contributed by atoms with Crippen molar-refractivity contribution in [3.05, 3.63) is 68.4 Å². The van der Waals surface area contributed by atoms with Gasteiger partial charge in [0.1, 0.15) is 11.9 Å². The number of rotatable bonds is 2. The highest BCUT2D eigenvalue weighted by Crippen LogP contribution is 2.30. The van der Waals surface area contributed by atoms with Gasteiger partial charge in [0, 0.05) is 10.0 Å². The summed E-state index contributed by atoms with van der Waals surface area (Å²) in [6, 6.07) is 9.71. The van der Waals surface area contributed by atoms with Crippen molar-refractivity contribution in [2.75, 3.05) is 0 Å². The third-order valence-corrected chi connectivity index (χ3v) is 3.92. The third kappa shape index (κ3) is 2.74. The van der Waals surface area contributed by atoms with Gasteiger partial charge in [-0.25, -0.2) is 4.39 Å². The summed E-state index contributed by atoms with van der Waals surface area (Å²) in [6.07, 6.45) is -1.00. The predicted molar refractivity (Wildman–Crippen MR) is 74.4 cm³/mol. The van der Waals surface area contributed by atoms with Crippen LogP contribution in [0.3, 0.4) is 0 Å². The molecule has 2 rings (SSSR count). The Morgan fingerprint density at radius 2 is 1.94 bits per heavy atom. The molecule has 2 aromatic carbocycles. The van der Waals surface area contributed by atoms with Crippen LogP contribution in [0.4, 0.5) is 4.39 Å². The van der Waals surface area contributed by atoms with Crippen molar-refractivity contribution in [2.45, 2.75) is 13.0 Å². The number of hydrogen-bond acceptors (Lipinski definition) is 1. The van der Waals surface area contributed by atoms with Crippen LogP contribution in [0.1, 0.15) is 22.8 Å². The zero-order valence-electron chi connectivity index (χ0n) is 9.62. The van der Waals surface area contributed by atoms with Crippen LogP contribution in [-0.2, 0) is 0 Å². The Hall–Kier alpha value is -0.900. The van der Waals surface area contributed by atoms with Gasteiger partial charge in [-0.15, -0.1) is 0 Å². The van der Waals surface area contributed by atoms with E-state index in [1.165, 1.54) is 6.07 Å². The summed E-state index contributed by atoms with van der Waals surface area (Å²) in [5.74, 6) is -0.417. The van der Waals surface area contributed by atoms with Gasteiger partial charge in [0.15, 0.2) is 0 Å². The van der Waals surface area contributed by atoms with Crippen molar-refractivity contribution in [1.29, 1.82) is 0 Å². The molecule has 0 bridgehead atoms. The Morgan fingerprint density at radius 1 is 1.22 bits per heavy atom. The molecule has 1 nitrogen and oxygen atoms in total. The molecule has 0 aliphatic rings. The summed E-state index contributed by atoms with van der Waals surface area (Å²) in [7, 11) is 0. The monoisotopic (exact) mass is 328 g/mol. The van der Waals surface area contributed by atoms with Gasteiger partial charge in [-0.2, -0.15) is 0 Å². The van der Waals surface area contributed by atoms with E-state index in [4.69, 9.17) is 11.6 Å². The zero-order valence-corrected chi connectivity index (χ0v) is 12.0. The average molecular weight is 330 g/mol. The maximum Gasteiger partial charge on any atom is 0.129 e. The van der Waals surface area contributed by atoms with Crippen molar-refractivity contribution in [3.63, 3.8) is 0 Å². The fourth-order valence-corrected chi connectivity index (χ4v) is 2.25. The van der Waals surface area contributed by atoms with Gasteiger partial charge >= 0.3 is 0 Å². The molecule has 0 amide bonds. The number of hydrogen-bond donors (Lipinski definition) is 1. The van der Waals surface area contributed by atoms with Crippen LogP contribution in [0, 0.1) is 12.7 Å². The molecule has 2 aromatic rings. The summed E-state index contributed by atoms with van der Waals surface area (Å²) in [5.41, 5.74) is 1.76. The fraction of sp³-hybridized carbons (Fsp3) is 0.143. The van der Waals surface area contributed by atoms with Crippen LogP contribution >= 0.6 is 27.5 Å². The lowest BCUT2D eigenvalue weighted by atomic mass is 9.99. The minimum atomic E-state index is -1.00. The van der Waals surface area contributed by atoms with Gasteiger partial charge in [0.2, 0.25) is 0 Å². The quantitative estimate of drug-likeness (QED) is 0.851. The van der Waals surface area contributed by atoms with E-state index in [0.29, 0.717) is 15.1 Å². The van der Waals surface area contributed by atoms with Gasteiger partial charge < -0.3 is 5.11 Å². The highest BCUT2D eigenvalue weighted by atomic mass is 79.9. The first-order chi connectivity index (χ1) is 8.49. The average Bonchev–Trinajstić information content (AvgIpc) is 2.35. The molecule has 1 unspecified atom stereocenters. The smallest absolute Gasteiger partial charge is 0.129 e. The van der Waals surface area contributed by atoms with Crippen LogP contribution in [-0.4, -0.2) is 5.11 Å². The molecule has 0 aliphatic heterocycles. The molecule has 4 heteroatoms. The maximum atomic E-state index is 13.7. The normalized spacial score (nSPS) is 12.5. The first-order valence-electron chi connectivity index (χ1n) is 5.38. The summed E-state index contributed by atoms with van der Waals surface area (Å²) >= 11 is 9.17. The van der Waals surface area contributed by atoms with Crippen LogP contribution in [0.25, 0.3) is 0 Å². The van der Waals surface area contributed by atoms with Gasteiger partial charge in [0.05, 0.1) is 5.02 Å². The van der Waals surface area contributed by atoms with Crippen molar-refractivity contribution in [3.8, 4) is 0 Å². The lowest BCUT2D eigenvalue weighted by molar-refractivity contribution is 0.215. The lowest BCUT2D eigenvalue weighted by Crippen LogP contribution is -2.03. The van der Waals surface area contributed by atoms with E-state index >= 15 is 0 Å². The van der Waals surface area contributed by atoms with Gasteiger partial charge in [-0.3, -0.25) is 0 Å². The second-order valence-corrected chi connectivity index (χ2v) is 5.36. The van der Waals surface area contributed by atoms with E-state index in [1.54, 1.807) is 30.3 Å². The highest BCUT2D eigenvalue weighted by molar-refractivity contribution is 9.10. The fourth-order valence-electron chi connectivity index (χ4n) is 1.73. The third-order valence-electron chi connectivity index (χ3n) is 2.71. The first-order valence-corrected chi connectivity index (χ1v) is 6.55. The number of aryl methyl sites for hydroxylation is 1. The van der Waals surface area contributed by atoms with Gasteiger partial charge in [-0.1, -0.05) is 35.4 Å². The number of benzene rings is 2. The first kappa shape index (κ1) is 13.5. The summed E-state index contributed by atoms with van der Waals surface area (Å²) < 4.78 is 14.4. The molecule has 1 atom stereocenters. The maximum absolute atomic E-state index is 13.7. The Labute approximate surface area is 118 Å². The van der Waals surface area contributed by atoms with Crippen molar-refractivity contribution >= 4 is 27.5 Å². The molecule has 0 spiro atoms. The molecule has 0 heterocycles. The Morgan fingerprint density at radius 3 is 2.61 bits per heavy atom. The molecule has 18 heavy (non-hydrogen) atoms. The molecule has 0 fully saturated rings. The topological polar surface area (TPSA) is 20.2 Å². The molecule has 94 valence electrons. The van der Waals surface area contributed by atoms with E-state index in [0.717, 1.165) is 5.56 Å². The molecule has 1 N–H and O–H groups in total. The van der Waals surface area contributed by atoms with Crippen molar-refractivity contribution in [1.82, 2.24) is 0 Å². The molecule has 0 saturated heterocycles. The van der Waals surface area contributed by atoms with Gasteiger partial charge in [0.25, 0.3) is 0 Å². The van der Waals surface area contributed by atoms with E-state index < -0.39 is 11.9 Å². The lowest BCUT2D eigenvalue weighted by Gasteiger charge is -2.14. The van der Waals surface area contributed by atoms with Crippen molar-refractivity contribution in [2.24, 2.45) is 0 Å². The zero-order chi connectivity index (χ0) is 13.3. The standard InChI is InChI=1S/C14H11BrClFO/c1-8-2-5-13(17)10(6-8)14(18)9-3-4-12(16)11(15)7-9/h2-7,14,18H,1H3.